The van der Waals surface area contributed by atoms with E-state index in [1.165, 1.54) is 49.3 Å². The highest BCUT2D eigenvalue weighted by atomic mass is 15.0. The molecule has 0 bridgehead atoms. The minimum atomic E-state index is 0.730. The number of hydrogen-bond acceptors (Lipinski definition) is 2. The van der Waals surface area contributed by atoms with Gasteiger partial charge in [0.25, 0.3) is 0 Å². The molecular weight excluding hydrogens is 619 g/mol. The Hall–Kier alpha value is -6.84. The van der Waals surface area contributed by atoms with Crippen molar-refractivity contribution in [1.29, 1.82) is 0 Å². The zero-order valence-electron chi connectivity index (χ0n) is 27.7. The van der Waals surface area contributed by atoms with Crippen molar-refractivity contribution in [2.45, 2.75) is 0 Å². The Kier molecular flexibility index (Phi) is 6.81. The molecule has 0 unspecified atom stereocenters. The van der Waals surface area contributed by atoms with Crippen LogP contribution in [0.15, 0.2) is 188 Å². The smallest absolute Gasteiger partial charge is 0.160 e. The zero-order chi connectivity index (χ0) is 33.7. The molecule has 0 saturated heterocycles. The van der Waals surface area contributed by atoms with Gasteiger partial charge in [-0.3, -0.25) is 0 Å². The van der Waals surface area contributed by atoms with Gasteiger partial charge in [0.2, 0.25) is 0 Å². The Morgan fingerprint density at radius 1 is 0.333 bits per heavy atom. The van der Waals surface area contributed by atoms with Crippen LogP contribution in [-0.4, -0.2) is 14.5 Å². The topological polar surface area (TPSA) is 30.7 Å². The molecule has 238 valence electrons. The number of benzene rings is 8. The van der Waals surface area contributed by atoms with E-state index in [4.69, 9.17) is 9.97 Å². The first-order chi connectivity index (χ1) is 25.3. The highest BCUT2D eigenvalue weighted by Gasteiger charge is 2.13. The maximum Gasteiger partial charge on any atom is 0.160 e. The van der Waals surface area contributed by atoms with Gasteiger partial charge in [-0.05, 0) is 75.5 Å². The summed E-state index contributed by atoms with van der Waals surface area (Å²) in [6, 6.07) is 66.9. The van der Waals surface area contributed by atoms with Crippen LogP contribution in [0.3, 0.4) is 0 Å². The average Bonchev–Trinajstić information content (AvgIpc) is 3.55. The van der Waals surface area contributed by atoms with Crippen molar-refractivity contribution in [1.82, 2.24) is 14.5 Å². The predicted molar refractivity (Wildman–Crippen MR) is 213 cm³/mol. The zero-order valence-corrected chi connectivity index (χ0v) is 27.7. The molecule has 2 heterocycles. The van der Waals surface area contributed by atoms with Crippen molar-refractivity contribution in [3.8, 4) is 50.6 Å². The van der Waals surface area contributed by atoms with E-state index in [-0.39, 0.29) is 0 Å². The largest absolute Gasteiger partial charge is 0.309 e. The Labute approximate surface area is 295 Å². The molecule has 0 aliphatic rings. The summed E-state index contributed by atoms with van der Waals surface area (Å²) in [5.41, 5.74) is 12.3. The van der Waals surface area contributed by atoms with Crippen molar-refractivity contribution >= 4 is 43.5 Å². The Morgan fingerprint density at radius 3 is 1.45 bits per heavy atom. The standard InChI is InChI=1S/C48H31N3/c1-2-10-34(11-3-1)47-43-14-4-7-15-44(43)49-48(50-47)35-20-18-32(19-21-35)36-22-24-39-31-37(23-25-38(39)30-36)33-26-28-40(29-27-33)51-45-16-8-5-12-41(45)42-13-6-9-17-46(42)51/h1-31H. The summed E-state index contributed by atoms with van der Waals surface area (Å²) in [4.78, 5) is 9.98. The molecule has 0 N–H and O–H groups in total. The highest BCUT2D eigenvalue weighted by Crippen LogP contribution is 2.35. The van der Waals surface area contributed by atoms with Crippen LogP contribution in [0.5, 0.6) is 0 Å². The summed E-state index contributed by atoms with van der Waals surface area (Å²) in [7, 11) is 0. The van der Waals surface area contributed by atoms with Crippen molar-refractivity contribution < 1.29 is 0 Å². The first-order valence-electron chi connectivity index (χ1n) is 17.3. The summed E-state index contributed by atoms with van der Waals surface area (Å²) in [6.07, 6.45) is 0. The maximum atomic E-state index is 5.05. The lowest BCUT2D eigenvalue weighted by atomic mass is 9.97. The van der Waals surface area contributed by atoms with E-state index in [1.807, 2.05) is 18.2 Å². The fraction of sp³-hybridized carbons (Fsp3) is 0. The van der Waals surface area contributed by atoms with Gasteiger partial charge in [-0.25, -0.2) is 9.97 Å². The van der Waals surface area contributed by atoms with Gasteiger partial charge in [-0.1, -0.05) is 146 Å². The summed E-state index contributed by atoms with van der Waals surface area (Å²) in [5, 5.41) is 6.04. The third-order valence-corrected chi connectivity index (χ3v) is 10.0. The summed E-state index contributed by atoms with van der Waals surface area (Å²) in [6.45, 7) is 0. The third kappa shape index (κ3) is 5.06. The Bertz CT molecular complexity index is 2830. The summed E-state index contributed by atoms with van der Waals surface area (Å²) >= 11 is 0. The quantitative estimate of drug-likeness (QED) is 0.186. The first-order valence-corrected chi connectivity index (χ1v) is 17.3. The van der Waals surface area contributed by atoms with Crippen LogP contribution in [0.4, 0.5) is 0 Å². The SMILES string of the molecule is c1ccc(-c2nc(-c3ccc(-c4ccc5cc(-c6ccc(-n7c8ccccc8c8ccccc87)cc6)ccc5c4)cc3)nc3ccccc23)cc1. The molecule has 0 spiro atoms. The van der Waals surface area contributed by atoms with Gasteiger partial charge in [0.15, 0.2) is 5.82 Å². The monoisotopic (exact) mass is 649 g/mol. The van der Waals surface area contributed by atoms with Crippen molar-refractivity contribution in [3.05, 3.63) is 188 Å². The third-order valence-electron chi connectivity index (χ3n) is 10.0. The molecule has 0 aliphatic heterocycles. The van der Waals surface area contributed by atoms with Gasteiger partial charge in [0.1, 0.15) is 0 Å². The predicted octanol–water partition coefficient (Wildman–Crippen LogP) is 12.5. The number of fused-ring (bicyclic) bond motifs is 5. The van der Waals surface area contributed by atoms with Crippen LogP contribution in [0.2, 0.25) is 0 Å². The lowest BCUT2D eigenvalue weighted by molar-refractivity contribution is 1.18. The molecule has 0 atom stereocenters. The first kappa shape index (κ1) is 29.1. The molecule has 2 aromatic heterocycles. The van der Waals surface area contributed by atoms with Crippen LogP contribution in [-0.2, 0) is 0 Å². The second kappa shape index (κ2) is 11.9. The average molecular weight is 650 g/mol. The normalized spacial score (nSPS) is 11.5. The van der Waals surface area contributed by atoms with E-state index >= 15 is 0 Å². The van der Waals surface area contributed by atoms with E-state index in [0.717, 1.165) is 44.8 Å². The van der Waals surface area contributed by atoms with E-state index in [9.17, 15) is 0 Å². The molecule has 0 radical (unpaired) electrons. The highest BCUT2D eigenvalue weighted by molar-refractivity contribution is 6.09. The van der Waals surface area contributed by atoms with Gasteiger partial charge in [0, 0.05) is 33.0 Å². The van der Waals surface area contributed by atoms with Crippen molar-refractivity contribution in [2.75, 3.05) is 0 Å². The van der Waals surface area contributed by atoms with Gasteiger partial charge in [-0.15, -0.1) is 0 Å². The molecule has 0 aliphatic carbocycles. The van der Waals surface area contributed by atoms with Crippen LogP contribution < -0.4 is 0 Å². The van der Waals surface area contributed by atoms with Crippen LogP contribution in [0.1, 0.15) is 0 Å². The number of para-hydroxylation sites is 3. The molecule has 0 fully saturated rings. The lowest BCUT2D eigenvalue weighted by Crippen LogP contribution is -1.95. The number of nitrogens with zero attached hydrogens (tertiary/aromatic N) is 3. The minimum absolute atomic E-state index is 0.730. The van der Waals surface area contributed by atoms with Crippen LogP contribution in [0.25, 0.3) is 94.1 Å². The molecule has 0 amide bonds. The van der Waals surface area contributed by atoms with Crippen molar-refractivity contribution in [2.24, 2.45) is 0 Å². The van der Waals surface area contributed by atoms with Gasteiger partial charge in [0.05, 0.1) is 22.2 Å². The molecular formula is C48H31N3. The van der Waals surface area contributed by atoms with E-state index in [0.29, 0.717) is 0 Å². The lowest BCUT2D eigenvalue weighted by Gasteiger charge is -2.11. The number of aromatic nitrogens is 3. The fourth-order valence-electron chi connectivity index (χ4n) is 7.44. The molecule has 51 heavy (non-hydrogen) atoms. The van der Waals surface area contributed by atoms with Gasteiger partial charge < -0.3 is 4.57 Å². The van der Waals surface area contributed by atoms with E-state index in [2.05, 4.69) is 174 Å². The van der Waals surface area contributed by atoms with Crippen LogP contribution in [0, 0.1) is 0 Å². The Morgan fingerprint density at radius 2 is 0.824 bits per heavy atom. The maximum absolute atomic E-state index is 5.05. The summed E-state index contributed by atoms with van der Waals surface area (Å²) < 4.78 is 2.36. The van der Waals surface area contributed by atoms with E-state index < -0.39 is 0 Å². The molecule has 10 aromatic rings. The number of rotatable bonds is 5. The van der Waals surface area contributed by atoms with E-state index in [1.54, 1.807) is 0 Å². The Balaban J connectivity index is 0.939. The fourth-order valence-corrected chi connectivity index (χ4v) is 7.44. The molecule has 10 rings (SSSR count). The van der Waals surface area contributed by atoms with Gasteiger partial charge >= 0.3 is 0 Å². The van der Waals surface area contributed by atoms with Gasteiger partial charge in [-0.2, -0.15) is 0 Å². The molecule has 0 saturated carbocycles. The van der Waals surface area contributed by atoms with Crippen molar-refractivity contribution in [3.63, 3.8) is 0 Å². The number of hydrogen-bond donors (Lipinski definition) is 0. The second-order valence-electron chi connectivity index (χ2n) is 13.0. The molecule has 3 heteroatoms. The molecule has 8 aromatic carbocycles. The minimum Gasteiger partial charge on any atom is -0.309 e. The molecule has 3 nitrogen and oxygen atoms in total. The summed E-state index contributed by atoms with van der Waals surface area (Å²) in [5.74, 6) is 0.730. The second-order valence-corrected chi connectivity index (χ2v) is 13.0. The van der Waals surface area contributed by atoms with Crippen LogP contribution >= 0.6 is 0 Å².